The molecule has 0 saturated heterocycles. The van der Waals surface area contributed by atoms with E-state index in [0.717, 1.165) is 18.3 Å². The molecule has 19 heavy (non-hydrogen) atoms. The third-order valence-corrected chi connectivity index (χ3v) is 4.32. The highest BCUT2D eigenvalue weighted by atomic mass is 32.2. The van der Waals surface area contributed by atoms with E-state index in [1.54, 1.807) is 13.8 Å². The summed E-state index contributed by atoms with van der Waals surface area (Å²) in [4.78, 5) is 14.3. The average Bonchev–Trinajstić information content (AvgIpc) is 2.38. The molecule has 0 aliphatic heterocycles. The van der Waals surface area contributed by atoms with Crippen molar-refractivity contribution in [2.24, 2.45) is 0 Å². The van der Waals surface area contributed by atoms with Gasteiger partial charge < -0.3 is 10.2 Å². The van der Waals surface area contributed by atoms with Crippen molar-refractivity contribution in [2.45, 2.75) is 30.8 Å². The molecular weight excluding hydrogens is 272 g/mol. The molecule has 106 valence electrons. The van der Waals surface area contributed by atoms with Gasteiger partial charge in [-0.15, -0.1) is 0 Å². The van der Waals surface area contributed by atoms with Crippen LogP contribution in [0.1, 0.15) is 30.6 Å². The van der Waals surface area contributed by atoms with Gasteiger partial charge in [0.15, 0.2) is 5.03 Å². The maximum absolute atomic E-state index is 12.0. The molecule has 3 N–H and O–H groups in total. The number of aliphatic hydroxyl groups is 1. The van der Waals surface area contributed by atoms with Gasteiger partial charge in [0.2, 0.25) is 0 Å². The SMILES string of the molecule is CCC(C)(CO)NS(=O)(=O)c1ccc(C(=O)O)cn1. The fourth-order valence-corrected chi connectivity index (χ4v) is 2.66. The number of carboxylic acids is 1. The number of aromatic carboxylic acids is 1. The van der Waals surface area contributed by atoms with E-state index in [1.165, 1.54) is 0 Å². The number of hydrogen-bond donors (Lipinski definition) is 3. The van der Waals surface area contributed by atoms with Crippen LogP contribution >= 0.6 is 0 Å². The lowest BCUT2D eigenvalue weighted by atomic mass is 10.0. The van der Waals surface area contributed by atoms with Gasteiger partial charge in [0.05, 0.1) is 17.7 Å². The Morgan fingerprint density at radius 1 is 1.47 bits per heavy atom. The first-order valence-electron chi connectivity index (χ1n) is 5.58. The quantitative estimate of drug-likeness (QED) is 0.689. The van der Waals surface area contributed by atoms with Gasteiger partial charge in [0, 0.05) is 6.20 Å². The highest BCUT2D eigenvalue weighted by molar-refractivity contribution is 7.89. The van der Waals surface area contributed by atoms with Crippen molar-refractivity contribution >= 4 is 16.0 Å². The Hall–Kier alpha value is -1.51. The maximum Gasteiger partial charge on any atom is 0.337 e. The number of aliphatic hydroxyl groups excluding tert-OH is 1. The molecule has 0 saturated carbocycles. The summed E-state index contributed by atoms with van der Waals surface area (Å²) in [6, 6.07) is 2.27. The summed E-state index contributed by atoms with van der Waals surface area (Å²) in [7, 11) is -3.90. The molecule has 0 spiro atoms. The Morgan fingerprint density at radius 2 is 2.11 bits per heavy atom. The van der Waals surface area contributed by atoms with Gasteiger partial charge in [-0.2, -0.15) is 0 Å². The van der Waals surface area contributed by atoms with Crippen LogP contribution < -0.4 is 4.72 Å². The molecule has 1 unspecified atom stereocenters. The zero-order valence-electron chi connectivity index (χ0n) is 10.6. The molecule has 1 rings (SSSR count). The zero-order valence-corrected chi connectivity index (χ0v) is 11.4. The van der Waals surface area contributed by atoms with Crippen molar-refractivity contribution in [3.8, 4) is 0 Å². The van der Waals surface area contributed by atoms with E-state index in [2.05, 4.69) is 9.71 Å². The molecule has 1 atom stereocenters. The third kappa shape index (κ3) is 3.72. The second-order valence-corrected chi connectivity index (χ2v) is 6.00. The summed E-state index contributed by atoms with van der Waals surface area (Å²) in [6.45, 7) is 2.95. The molecule has 0 aromatic carbocycles. The van der Waals surface area contributed by atoms with Gasteiger partial charge in [0.25, 0.3) is 10.0 Å². The lowest BCUT2D eigenvalue weighted by Crippen LogP contribution is -2.48. The topological polar surface area (TPSA) is 117 Å². The van der Waals surface area contributed by atoms with Crippen molar-refractivity contribution in [2.75, 3.05) is 6.61 Å². The van der Waals surface area contributed by atoms with Gasteiger partial charge >= 0.3 is 5.97 Å². The van der Waals surface area contributed by atoms with E-state index in [4.69, 9.17) is 5.11 Å². The minimum atomic E-state index is -3.90. The zero-order chi connectivity index (χ0) is 14.7. The first-order valence-corrected chi connectivity index (χ1v) is 7.06. The summed E-state index contributed by atoms with van der Waals surface area (Å²) >= 11 is 0. The van der Waals surface area contributed by atoms with Crippen LogP contribution in [0.15, 0.2) is 23.4 Å². The van der Waals surface area contributed by atoms with Crippen LogP contribution in [-0.4, -0.2) is 41.7 Å². The van der Waals surface area contributed by atoms with Crippen LogP contribution in [0.3, 0.4) is 0 Å². The molecule has 7 nitrogen and oxygen atoms in total. The molecule has 1 heterocycles. The first kappa shape index (κ1) is 15.5. The van der Waals surface area contributed by atoms with Gasteiger partial charge in [-0.25, -0.2) is 22.9 Å². The van der Waals surface area contributed by atoms with Crippen LogP contribution in [0, 0.1) is 0 Å². The van der Waals surface area contributed by atoms with E-state index in [-0.39, 0.29) is 17.2 Å². The molecule has 0 amide bonds. The summed E-state index contributed by atoms with van der Waals surface area (Å²) in [5.74, 6) is -1.18. The van der Waals surface area contributed by atoms with Crippen molar-refractivity contribution in [3.05, 3.63) is 23.9 Å². The molecule has 0 aliphatic carbocycles. The molecule has 1 aromatic rings. The van der Waals surface area contributed by atoms with Crippen LogP contribution in [-0.2, 0) is 10.0 Å². The van der Waals surface area contributed by atoms with E-state index in [0.29, 0.717) is 6.42 Å². The van der Waals surface area contributed by atoms with Crippen molar-refractivity contribution < 1.29 is 23.4 Å². The Morgan fingerprint density at radius 3 is 2.47 bits per heavy atom. The summed E-state index contributed by atoms with van der Waals surface area (Å²) in [6.07, 6.45) is 1.37. The number of pyridine rings is 1. The van der Waals surface area contributed by atoms with Gasteiger partial charge in [0.1, 0.15) is 0 Å². The Labute approximate surface area is 111 Å². The number of sulfonamides is 1. The van der Waals surface area contributed by atoms with Crippen LogP contribution in [0.25, 0.3) is 0 Å². The van der Waals surface area contributed by atoms with E-state index in [1.807, 2.05) is 0 Å². The second-order valence-electron chi connectivity index (χ2n) is 4.37. The van der Waals surface area contributed by atoms with Gasteiger partial charge in [-0.05, 0) is 25.5 Å². The molecule has 1 aromatic heterocycles. The van der Waals surface area contributed by atoms with Crippen molar-refractivity contribution in [1.29, 1.82) is 0 Å². The summed E-state index contributed by atoms with van der Waals surface area (Å²) < 4.78 is 26.4. The highest BCUT2D eigenvalue weighted by Crippen LogP contribution is 2.14. The fourth-order valence-electron chi connectivity index (χ4n) is 1.26. The molecule has 0 radical (unpaired) electrons. The lowest BCUT2D eigenvalue weighted by Gasteiger charge is -2.26. The predicted octanol–water partition coefficient (Wildman–Crippen LogP) is 0.219. The second kappa shape index (κ2) is 5.64. The van der Waals surface area contributed by atoms with Gasteiger partial charge in [-0.3, -0.25) is 0 Å². The Bertz CT molecular complexity index is 549. The summed E-state index contributed by atoms with van der Waals surface area (Å²) in [5, 5.41) is 17.6. The monoisotopic (exact) mass is 288 g/mol. The Kier molecular flexibility index (Phi) is 4.61. The highest BCUT2D eigenvalue weighted by Gasteiger charge is 2.29. The fraction of sp³-hybridized carbons (Fsp3) is 0.455. The molecule has 0 fully saturated rings. The van der Waals surface area contributed by atoms with E-state index in [9.17, 15) is 18.3 Å². The number of nitrogens with zero attached hydrogens (tertiary/aromatic N) is 1. The number of nitrogens with one attached hydrogen (secondary N) is 1. The number of carboxylic acid groups (broad SMARTS) is 1. The van der Waals surface area contributed by atoms with E-state index < -0.39 is 21.5 Å². The number of aromatic nitrogens is 1. The minimum absolute atomic E-state index is 0.0978. The third-order valence-electron chi connectivity index (χ3n) is 2.77. The smallest absolute Gasteiger partial charge is 0.337 e. The lowest BCUT2D eigenvalue weighted by molar-refractivity contribution is 0.0696. The number of rotatable bonds is 6. The normalized spacial score (nSPS) is 14.9. The van der Waals surface area contributed by atoms with Crippen LogP contribution in [0.2, 0.25) is 0 Å². The largest absolute Gasteiger partial charge is 0.478 e. The van der Waals surface area contributed by atoms with Gasteiger partial charge in [-0.1, -0.05) is 6.92 Å². The van der Waals surface area contributed by atoms with Crippen LogP contribution in [0.5, 0.6) is 0 Å². The van der Waals surface area contributed by atoms with Crippen LogP contribution in [0.4, 0.5) is 0 Å². The molecular formula is C11H16N2O5S. The molecule has 8 heteroatoms. The standard InChI is InChI=1S/C11H16N2O5S/c1-3-11(2,7-14)13-19(17,18)9-5-4-8(6-12-9)10(15)16/h4-6,13-14H,3,7H2,1-2H3,(H,15,16). The average molecular weight is 288 g/mol. The summed E-state index contributed by atoms with van der Waals surface area (Å²) in [5.41, 5.74) is -1.08. The Balaban J connectivity index is 3.04. The van der Waals surface area contributed by atoms with Crippen molar-refractivity contribution in [1.82, 2.24) is 9.71 Å². The number of hydrogen-bond acceptors (Lipinski definition) is 5. The number of carbonyl (C=O) groups is 1. The maximum atomic E-state index is 12.0. The van der Waals surface area contributed by atoms with Crippen molar-refractivity contribution in [3.63, 3.8) is 0 Å². The van der Waals surface area contributed by atoms with E-state index >= 15 is 0 Å². The predicted molar refractivity (Wildman–Crippen MR) is 67.3 cm³/mol. The first-order chi connectivity index (χ1) is 8.74. The molecule has 0 bridgehead atoms. The minimum Gasteiger partial charge on any atom is -0.478 e. The molecule has 0 aliphatic rings.